The average molecular weight is 380 g/mol. The Morgan fingerprint density at radius 1 is 1.14 bits per heavy atom. The Hall–Kier alpha value is -2.17. The molecular formula is C24H30FN3. The van der Waals surface area contributed by atoms with E-state index in [4.69, 9.17) is 0 Å². The minimum absolute atomic E-state index is 0.161. The Morgan fingerprint density at radius 3 is 2.71 bits per heavy atom. The second-order valence-corrected chi connectivity index (χ2v) is 8.15. The summed E-state index contributed by atoms with van der Waals surface area (Å²) in [4.78, 5) is 5.92. The lowest BCUT2D eigenvalue weighted by Crippen LogP contribution is -2.42. The molecule has 0 aliphatic carbocycles. The number of H-pyrrole nitrogens is 1. The molecule has 2 heterocycles. The largest absolute Gasteiger partial charge is 0.357 e. The van der Waals surface area contributed by atoms with E-state index >= 15 is 0 Å². The molecule has 0 amide bonds. The summed E-state index contributed by atoms with van der Waals surface area (Å²) in [7, 11) is 4.22. The van der Waals surface area contributed by atoms with Crippen molar-refractivity contribution >= 4 is 10.9 Å². The van der Waals surface area contributed by atoms with Gasteiger partial charge in [0.2, 0.25) is 0 Å². The van der Waals surface area contributed by atoms with E-state index in [-0.39, 0.29) is 11.4 Å². The van der Waals surface area contributed by atoms with Crippen molar-refractivity contribution in [3.63, 3.8) is 0 Å². The number of para-hydroxylation sites is 1. The van der Waals surface area contributed by atoms with Crippen LogP contribution in [0.15, 0.2) is 48.5 Å². The van der Waals surface area contributed by atoms with Crippen LogP contribution in [-0.4, -0.2) is 30.5 Å². The predicted octanol–water partition coefficient (Wildman–Crippen LogP) is 5.14. The van der Waals surface area contributed by atoms with Crippen molar-refractivity contribution in [1.82, 2.24) is 15.2 Å². The molecular weight excluding hydrogens is 349 g/mol. The quantitative estimate of drug-likeness (QED) is 0.621. The van der Waals surface area contributed by atoms with Crippen LogP contribution in [0.25, 0.3) is 10.9 Å². The number of nitrogens with one attached hydrogen (secondary N) is 2. The zero-order chi connectivity index (χ0) is 19.7. The Morgan fingerprint density at radius 2 is 1.96 bits per heavy atom. The zero-order valence-electron chi connectivity index (χ0n) is 17.1. The fourth-order valence-corrected chi connectivity index (χ4v) is 4.99. The number of nitrogens with zero attached hydrogens (tertiary/aromatic N) is 1. The van der Waals surface area contributed by atoms with Gasteiger partial charge >= 0.3 is 0 Å². The first kappa shape index (κ1) is 19.2. The topological polar surface area (TPSA) is 31.1 Å². The van der Waals surface area contributed by atoms with Crippen LogP contribution in [0.5, 0.6) is 0 Å². The van der Waals surface area contributed by atoms with Crippen molar-refractivity contribution in [3.8, 4) is 0 Å². The molecule has 2 unspecified atom stereocenters. The lowest BCUT2D eigenvalue weighted by Gasteiger charge is -2.41. The molecule has 148 valence electrons. The molecule has 1 aliphatic heterocycles. The monoisotopic (exact) mass is 379 g/mol. The molecule has 1 aliphatic rings. The van der Waals surface area contributed by atoms with Crippen molar-refractivity contribution in [2.24, 2.45) is 0 Å². The molecule has 3 aromatic rings. The number of halogens is 1. The van der Waals surface area contributed by atoms with Gasteiger partial charge in [-0.25, -0.2) is 4.39 Å². The van der Waals surface area contributed by atoms with E-state index < -0.39 is 0 Å². The molecule has 0 saturated carbocycles. The Labute approximate surface area is 166 Å². The minimum atomic E-state index is -0.173. The van der Waals surface area contributed by atoms with Crippen molar-refractivity contribution < 1.29 is 4.39 Å². The molecule has 0 saturated heterocycles. The first-order valence-corrected chi connectivity index (χ1v) is 10.3. The van der Waals surface area contributed by atoms with E-state index in [9.17, 15) is 4.39 Å². The highest BCUT2D eigenvalue weighted by atomic mass is 19.1. The van der Waals surface area contributed by atoms with Crippen LogP contribution >= 0.6 is 0 Å². The van der Waals surface area contributed by atoms with Crippen LogP contribution in [0.1, 0.15) is 49.0 Å². The molecule has 2 N–H and O–H groups in total. The van der Waals surface area contributed by atoms with Gasteiger partial charge in [-0.1, -0.05) is 37.3 Å². The first-order chi connectivity index (χ1) is 13.5. The lowest BCUT2D eigenvalue weighted by atomic mass is 9.80. The van der Waals surface area contributed by atoms with E-state index in [1.807, 2.05) is 6.07 Å². The highest BCUT2D eigenvalue weighted by molar-refractivity contribution is 5.85. The second-order valence-electron chi connectivity index (χ2n) is 8.15. The number of fused-ring (bicyclic) bond motifs is 3. The summed E-state index contributed by atoms with van der Waals surface area (Å²) >= 11 is 0. The molecule has 0 radical (unpaired) electrons. The SMILES string of the molecule is CCC(CCC1NCCc2c1[nH]c1ccccc21)(c1cccc(F)c1)N(C)C. The zero-order valence-corrected chi connectivity index (χ0v) is 17.1. The molecule has 2 aromatic carbocycles. The molecule has 3 nitrogen and oxygen atoms in total. The maximum absolute atomic E-state index is 14.0. The van der Waals surface area contributed by atoms with Gasteiger partial charge in [0.05, 0.1) is 0 Å². The van der Waals surface area contributed by atoms with Crippen LogP contribution in [0, 0.1) is 5.82 Å². The lowest BCUT2D eigenvalue weighted by molar-refractivity contribution is 0.123. The summed E-state index contributed by atoms with van der Waals surface area (Å²) in [5.74, 6) is -0.161. The summed E-state index contributed by atoms with van der Waals surface area (Å²) in [6.07, 6.45) is 3.97. The van der Waals surface area contributed by atoms with Crippen molar-refractivity contribution in [1.29, 1.82) is 0 Å². The van der Waals surface area contributed by atoms with Crippen molar-refractivity contribution in [2.45, 2.75) is 44.2 Å². The summed E-state index contributed by atoms with van der Waals surface area (Å²) in [6.45, 7) is 3.20. The number of aromatic nitrogens is 1. The van der Waals surface area contributed by atoms with E-state index in [0.717, 1.165) is 37.8 Å². The smallest absolute Gasteiger partial charge is 0.123 e. The van der Waals surface area contributed by atoms with Gasteiger partial charge in [0.1, 0.15) is 5.82 Å². The number of benzene rings is 2. The van der Waals surface area contributed by atoms with Gasteiger partial charge < -0.3 is 10.3 Å². The van der Waals surface area contributed by atoms with Gasteiger partial charge in [0.15, 0.2) is 0 Å². The van der Waals surface area contributed by atoms with E-state index in [2.05, 4.69) is 66.6 Å². The summed E-state index contributed by atoms with van der Waals surface area (Å²) in [5, 5.41) is 5.06. The highest BCUT2D eigenvalue weighted by Gasteiger charge is 2.35. The molecule has 4 rings (SSSR count). The maximum atomic E-state index is 14.0. The average Bonchev–Trinajstić information content (AvgIpc) is 3.08. The van der Waals surface area contributed by atoms with Crippen molar-refractivity contribution in [2.75, 3.05) is 20.6 Å². The van der Waals surface area contributed by atoms with Crippen molar-refractivity contribution in [3.05, 3.63) is 71.2 Å². The molecule has 0 fully saturated rings. The van der Waals surface area contributed by atoms with Gasteiger partial charge in [-0.3, -0.25) is 4.90 Å². The van der Waals surface area contributed by atoms with Crippen LogP contribution in [0.3, 0.4) is 0 Å². The third-order valence-corrected chi connectivity index (χ3v) is 6.61. The normalized spacial score (nSPS) is 19.0. The fraction of sp³-hybridized carbons (Fsp3) is 0.417. The van der Waals surface area contributed by atoms with Crippen LogP contribution < -0.4 is 5.32 Å². The molecule has 0 bridgehead atoms. The Bertz CT molecular complexity index is 961. The molecule has 28 heavy (non-hydrogen) atoms. The van der Waals surface area contributed by atoms with Crippen LogP contribution in [0.4, 0.5) is 4.39 Å². The molecule has 4 heteroatoms. The second kappa shape index (κ2) is 7.69. The van der Waals surface area contributed by atoms with Gasteiger partial charge in [-0.2, -0.15) is 0 Å². The number of rotatable bonds is 6. The van der Waals surface area contributed by atoms with Gasteiger partial charge in [0, 0.05) is 28.2 Å². The third-order valence-electron chi connectivity index (χ3n) is 6.61. The molecule has 1 aromatic heterocycles. The Kier molecular flexibility index (Phi) is 5.26. The predicted molar refractivity (Wildman–Crippen MR) is 114 cm³/mol. The molecule has 0 spiro atoms. The standard InChI is InChI=1S/C24H30FN3/c1-4-24(28(2)3,17-8-7-9-18(25)16-17)14-12-22-23-20(13-15-26-22)19-10-5-6-11-21(19)27-23/h5-11,16,22,26-27H,4,12-15H2,1-3H3. The third kappa shape index (κ3) is 3.25. The number of hydrogen-bond donors (Lipinski definition) is 2. The fourth-order valence-electron chi connectivity index (χ4n) is 4.99. The van der Waals surface area contributed by atoms with Gasteiger partial charge in [0.25, 0.3) is 0 Å². The van der Waals surface area contributed by atoms with E-state index in [1.165, 1.54) is 28.2 Å². The molecule has 2 atom stereocenters. The summed E-state index contributed by atoms with van der Waals surface area (Å²) in [6, 6.07) is 16.0. The maximum Gasteiger partial charge on any atom is 0.123 e. The minimum Gasteiger partial charge on any atom is -0.357 e. The summed E-state index contributed by atoms with van der Waals surface area (Å²) in [5.41, 5.74) is 4.90. The summed E-state index contributed by atoms with van der Waals surface area (Å²) < 4.78 is 14.0. The number of hydrogen-bond acceptors (Lipinski definition) is 2. The van der Waals surface area contributed by atoms with E-state index in [1.54, 1.807) is 6.07 Å². The Balaban J connectivity index is 1.64. The first-order valence-electron chi connectivity index (χ1n) is 10.3. The van der Waals surface area contributed by atoms with Crippen LogP contribution in [-0.2, 0) is 12.0 Å². The van der Waals surface area contributed by atoms with Gasteiger partial charge in [-0.15, -0.1) is 0 Å². The number of aromatic amines is 1. The highest BCUT2D eigenvalue weighted by Crippen LogP contribution is 2.39. The van der Waals surface area contributed by atoms with Crippen LogP contribution in [0.2, 0.25) is 0 Å². The van der Waals surface area contributed by atoms with E-state index in [0.29, 0.717) is 6.04 Å². The van der Waals surface area contributed by atoms with Gasteiger partial charge in [-0.05, 0) is 75.6 Å².